The second-order valence-electron chi connectivity index (χ2n) is 3.65. The second kappa shape index (κ2) is 5.41. The quantitative estimate of drug-likeness (QED) is 0.854. The predicted molar refractivity (Wildman–Crippen MR) is 63.9 cm³/mol. The summed E-state index contributed by atoms with van der Waals surface area (Å²) in [5.74, 6) is -0.450. The van der Waals surface area contributed by atoms with Crippen LogP contribution in [-0.2, 0) is 23.1 Å². The van der Waals surface area contributed by atoms with Gasteiger partial charge in [0.2, 0.25) is 5.03 Å². The number of nitrogens with zero attached hydrogens (tertiary/aromatic N) is 4. The number of aryl methyl sites for hydroxylation is 1. The van der Waals surface area contributed by atoms with Gasteiger partial charge in [-0.05, 0) is 19.1 Å². The van der Waals surface area contributed by atoms with Gasteiger partial charge in [0, 0.05) is 12.7 Å². The number of hydrogen-bond donors (Lipinski definition) is 1. The lowest BCUT2D eigenvalue weighted by Crippen LogP contribution is -2.26. The Balaban J connectivity index is 2.17. The van der Waals surface area contributed by atoms with Crippen molar-refractivity contribution in [1.29, 1.82) is 0 Å². The molecule has 0 aromatic carbocycles. The van der Waals surface area contributed by atoms with Crippen molar-refractivity contribution >= 4 is 10.0 Å². The van der Waals surface area contributed by atoms with E-state index in [0.717, 1.165) is 6.07 Å². The summed E-state index contributed by atoms with van der Waals surface area (Å²) in [5, 5.41) is 6.82. The first-order valence-electron chi connectivity index (χ1n) is 5.51. The van der Waals surface area contributed by atoms with E-state index in [9.17, 15) is 12.8 Å². The minimum absolute atomic E-state index is 0.0772. The molecule has 0 spiro atoms. The van der Waals surface area contributed by atoms with Crippen molar-refractivity contribution in [1.82, 2.24) is 24.5 Å². The Kier molecular flexibility index (Phi) is 3.86. The van der Waals surface area contributed by atoms with Gasteiger partial charge < -0.3 is 4.57 Å². The molecule has 0 saturated heterocycles. The molecule has 0 unspecified atom stereocenters. The molecular formula is C10H12FN5O2S. The van der Waals surface area contributed by atoms with Gasteiger partial charge in [-0.2, -0.15) is 0 Å². The Bertz CT molecular complexity index is 670. The topological polar surface area (TPSA) is 89.8 Å². The van der Waals surface area contributed by atoms with Gasteiger partial charge in [0.05, 0.1) is 6.54 Å². The zero-order valence-corrected chi connectivity index (χ0v) is 10.9. The Hall–Kier alpha value is -1.87. The molecular weight excluding hydrogens is 273 g/mol. The maximum atomic E-state index is 13.4. The highest BCUT2D eigenvalue weighted by molar-refractivity contribution is 7.89. The van der Waals surface area contributed by atoms with Gasteiger partial charge in [-0.1, -0.05) is 0 Å². The van der Waals surface area contributed by atoms with Crippen molar-refractivity contribution in [2.45, 2.75) is 25.0 Å². The number of rotatable bonds is 5. The molecule has 2 aromatic heterocycles. The molecule has 9 heteroatoms. The molecule has 0 amide bonds. The zero-order valence-electron chi connectivity index (χ0n) is 10.1. The molecule has 0 atom stereocenters. The summed E-state index contributed by atoms with van der Waals surface area (Å²) >= 11 is 0. The lowest BCUT2D eigenvalue weighted by molar-refractivity contribution is 0.541. The Morgan fingerprint density at radius 1 is 1.47 bits per heavy atom. The zero-order chi connectivity index (χ0) is 13.9. The number of halogens is 1. The molecule has 0 bridgehead atoms. The van der Waals surface area contributed by atoms with Crippen molar-refractivity contribution in [2.24, 2.45) is 0 Å². The third kappa shape index (κ3) is 2.93. The van der Waals surface area contributed by atoms with E-state index in [1.54, 1.807) is 4.57 Å². The normalized spacial score (nSPS) is 11.7. The predicted octanol–water partition coefficient (Wildman–Crippen LogP) is 0.311. The van der Waals surface area contributed by atoms with E-state index in [4.69, 9.17) is 0 Å². The van der Waals surface area contributed by atoms with Crippen LogP contribution in [0.2, 0.25) is 0 Å². The van der Waals surface area contributed by atoms with Crippen LogP contribution in [0, 0.1) is 5.82 Å². The van der Waals surface area contributed by atoms with E-state index in [1.807, 2.05) is 6.92 Å². The summed E-state index contributed by atoms with van der Waals surface area (Å²) in [6.45, 7) is 2.41. The van der Waals surface area contributed by atoms with E-state index in [-0.39, 0.29) is 6.54 Å². The van der Waals surface area contributed by atoms with E-state index >= 15 is 0 Å². The van der Waals surface area contributed by atoms with Gasteiger partial charge >= 0.3 is 0 Å². The van der Waals surface area contributed by atoms with Crippen LogP contribution < -0.4 is 4.72 Å². The van der Waals surface area contributed by atoms with Gasteiger partial charge in [0.15, 0.2) is 5.82 Å². The molecule has 102 valence electrons. The molecule has 0 fully saturated rings. The molecule has 2 rings (SSSR count). The molecule has 7 nitrogen and oxygen atoms in total. The third-order valence-electron chi connectivity index (χ3n) is 2.44. The molecule has 2 heterocycles. The maximum Gasteiger partial charge on any atom is 0.261 e. The first kappa shape index (κ1) is 13.6. The fraction of sp³-hybridized carbons (Fsp3) is 0.300. The molecule has 0 radical (unpaired) electrons. The van der Waals surface area contributed by atoms with Crippen LogP contribution in [0.3, 0.4) is 0 Å². The van der Waals surface area contributed by atoms with Crippen molar-refractivity contribution in [2.75, 3.05) is 0 Å². The first-order valence-corrected chi connectivity index (χ1v) is 6.99. The SMILES string of the molecule is CCn1cnnc1CNS(=O)(=O)c1ncccc1F. The highest BCUT2D eigenvalue weighted by atomic mass is 32.2. The summed E-state index contributed by atoms with van der Waals surface area (Å²) in [7, 11) is -4.01. The first-order chi connectivity index (χ1) is 9.04. The molecule has 0 saturated carbocycles. The maximum absolute atomic E-state index is 13.4. The number of sulfonamides is 1. The highest BCUT2D eigenvalue weighted by Gasteiger charge is 2.20. The fourth-order valence-corrected chi connectivity index (χ4v) is 2.46. The minimum Gasteiger partial charge on any atom is -0.317 e. The molecule has 1 N–H and O–H groups in total. The number of aromatic nitrogens is 4. The summed E-state index contributed by atoms with van der Waals surface area (Å²) in [4.78, 5) is 3.52. The molecule has 2 aromatic rings. The van der Waals surface area contributed by atoms with Crippen molar-refractivity contribution in [3.8, 4) is 0 Å². The van der Waals surface area contributed by atoms with Crippen molar-refractivity contribution in [3.05, 3.63) is 36.3 Å². The standard InChI is InChI=1S/C10H12FN5O2S/c1-2-16-7-13-15-9(16)6-14-19(17,18)10-8(11)4-3-5-12-10/h3-5,7,14H,2,6H2,1H3. The number of pyridine rings is 1. The lowest BCUT2D eigenvalue weighted by Gasteiger charge is -2.07. The molecule has 0 aliphatic heterocycles. The monoisotopic (exact) mass is 285 g/mol. The number of nitrogens with one attached hydrogen (secondary N) is 1. The van der Waals surface area contributed by atoms with Gasteiger partial charge in [-0.25, -0.2) is 22.5 Å². The van der Waals surface area contributed by atoms with Crippen LogP contribution in [-0.4, -0.2) is 28.2 Å². The Labute approximate surface area is 109 Å². The lowest BCUT2D eigenvalue weighted by atomic mass is 10.5. The second-order valence-corrected chi connectivity index (χ2v) is 5.33. The molecule has 0 aliphatic carbocycles. The van der Waals surface area contributed by atoms with Gasteiger partial charge in [-0.3, -0.25) is 0 Å². The van der Waals surface area contributed by atoms with Gasteiger partial charge in [0.25, 0.3) is 10.0 Å². The van der Waals surface area contributed by atoms with E-state index < -0.39 is 20.9 Å². The van der Waals surface area contributed by atoms with E-state index in [0.29, 0.717) is 12.4 Å². The summed E-state index contributed by atoms with van der Waals surface area (Å²) < 4.78 is 41.1. The number of hydrogen-bond acceptors (Lipinski definition) is 5. The van der Waals surface area contributed by atoms with Gasteiger partial charge in [-0.15, -0.1) is 10.2 Å². The van der Waals surface area contributed by atoms with Crippen LogP contribution >= 0.6 is 0 Å². The highest BCUT2D eigenvalue weighted by Crippen LogP contribution is 2.10. The molecule has 19 heavy (non-hydrogen) atoms. The van der Waals surface area contributed by atoms with Crippen LogP contribution in [0.1, 0.15) is 12.7 Å². The van der Waals surface area contributed by atoms with Gasteiger partial charge in [0.1, 0.15) is 12.2 Å². The Morgan fingerprint density at radius 2 is 2.26 bits per heavy atom. The van der Waals surface area contributed by atoms with E-state index in [1.165, 1.54) is 18.6 Å². The van der Waals surface area contributed by atoms with Crippen LogP contribution in [0.4, 0.5) is 4.39 Å². The average Bonchev–Trinajstić information content (AvgIpc) is 2.84. The average molecular weight is 285 g/mol. The summed E-state index contributed by atoms with van der Waals surface area (Å²) in [6.07, 6.45) is 2.71. The van der Waals surface area contributed by atoms with Crippen LogP contribution in [0.15, 0.2) is 29.7 Å². The third-order valence-corrected chi connectivity index (χ3v) is 3.77. The fourth-order valence-electron chi connectivity index (χ4n) is 1.48. The summed E-state index contributed by atoms with van der Waals surface area (Å²) in [5.41, 5.74) is 0. The summed E-state index contributed by atoms with van der Waals surface area (Å²) in [6, 6.07) is 2.36. The van der Waals surface area contributed by atoms with Crippen molar-refractivity contribution in [3.63, 3.8) is 0 Å². The molecule has 0 aliphatic rings. The van der Waals surface area contributed by atoms with Crippen LogP contribution in [0.5, 0.6) is 0 Å². The smallest absolute Gasteiger partial charge is 0.261 e. The van der Waals surface area contributed by atoms with Crippen LogP contribution in [0.25, 0.3) is 0 Å². The van der Waals surface area contributed by atoms with Crippen molar-refractivity contribution < 1.29 is 12.8 Å². The largest absolute Gasteiger partial charge is 0.317 e. The van der Waals surface area contributed by atoms with E-state index in [2.05, 4.69) is 19.9 Å². The Morgan fingerprint density at radius 3 is 2.95 bits per heavy atom. The minimum atomic E-state index is -4.01.